The summed E-state index contributed by atoms with van der Waals surface area (Å²) in [5.41, 5.74) is 2.32. The van der Waals surface area contributed by atoms with Gasteiger partial charge >= 0.3 is 5.97 Å². The highest BCUT2D eigenvalue weighted by atomic mass is 16.6. The smallest absolute Gasteiger partial charge is 0.338 e. The van der Waals surface area contributed by atoms with Gasteiger partial charge in [-0.2, -0.15) is 0 Å². The molecular weight excluding hydrogens is 312 g/mol. The maximum Gasteiger partial charge on any atom is 0.338 e. The molecule has 3 nitrogen and oxygen atoms in total. The highest BCUT2D eigenvalue weighted by molar-refractivity contribution is 6.00. The second-order valence-electron chi connectivity index (χ2n) is 8.24. The predicted octanol–water partition coefficient (Wildman–Crippen LogP) is 5.54. The van der Waals surface area contributed by atoms with E-state index >= 15 is 0 Å². The number of Topliss-reactive ketones (excluding diaryl/α,β-unsaturated/α-hetero) is 1. The van der Waals surface area contributed by atoms with Crippen LogP contribution in [0.25, 0.3) is 11.1 Å². The molecule has 0 radical (unpaired) electrons. The van der Waals surface area contributed by atoms with Crippen LogP contribution in [0.5, 0.6) is 0 Å². The van der Waals surface area contributed by atoms with Crippen molar-refractivity contribution in [3.63, 3.8) is 0 Å². The van der Waals surface area contributed by atoms with Crippen LogP contribution in [0, 0.1) is 5.41 Å². The molecule has 2 aromatic rings. The van der Waals surface area contributed by atoms with Gasteiger partial charge in [-0.05, 0) is 44.0 Å². The van der Waals surface area contributed by atoms with Crippen LogP contribution >= 0.6 is 0 Å². The van der Waals surface area contributed by atoms with Crippen LogP contribution in [0.4, 0.5) is 0 Å². The summed E-state index contributed by atoms with van der Waals surface area (Å²) in [5, 5.41) is 0. The Kier molecular flexibility index (Phi) is 5.17. The molecule has 0 heterocycles. The maximum atomic E-state index is 12.3. The maximum absolute atomic E-state index is 12.3. The van der Waals surface area contributed by atoms with Crippen molar-refractivity contribution in [2.24, 2.45) is 5.41 Å². The van der Waals surface area contributed by atoms with E-state index in [1.54, 1.807) is 12.1 Å². The topological polar surface area (TPSA) is 43.4 Å². The van der Waals surface area contributed by atoms with Gasteiger partial charge in [-0.1, -0.05) is 57.2 Å². The number of hydrogen-bond acceptors (Lipinski definition) is 3. The molecule has 0 atom stereocenters. The lowest BCUT2D eigenvalue weighted by molar-refractivity contribution is 0.00695. The third-order valence-corrected chi connectivity index (χ3v) is 3.68. The molecule has 0 amide bonds. The molecule has 132 valence electrons. The van der Waals surface area contributed by atoms with E-state index in [4.69, 9.17) is 4.74 Å². The minimum atomic E-state index is -0.509. The SMILES string of the molecule is CC(C)(C)OC(=O)c1ccc(-c2ccc(C(=O)C(C)(C)C)cc2)cc1. The first-order chi connectivity index (χ1) is 11.5. The number of hydrogen-bond donors (Lipinski definition) is 0. The van der Waals surface area contributed by atoms with E-state index in [2.05, 4.69) is 0 Å². The first-order valence-electron chi connectivity index (χ1n) is 8.46. The fourth-order valence-electron chi connectivity index (χ4n) is 2.38. The Morgan fingerprint density at radius 3 is 1.44 bits per heavy atom. The second kappa shape index (κ2) is 6.83. The normalized spacial score (nSPS) is 11.9. The van der Waals surface area contributed by atoms with Crippen molar-refractivity contribution in [3.8, 4) is 11.1 Å². The number of benzene rings is 2. The summed E-state index contributed by atoms with van der Waals surface area (Å²) in [6.45, 7) is 11.3. The lowest BCUT2D eigenvalue weighted by atomic mass is 9.86. The van der Waals surface area contributed by atoms with Crippen molar-refractivity contribution in [1.29, 1.82) is 0 Å². The van der Waals surface area contributed by atoms with Gasteiger partial charge in [0.2, 0.25) is 0 Å². The van der Waals surface area contributed by atoms with Gasteiger partial charge in [-0.25, -0.2) is 4.79 Å². The van der Waals surface area contributed by atoms with Crippen molar-refractivity contribution in [1.82, 2.24) is 0 Å². The quantitative estimate of drug-likeness (QED) is 0.545. The predicted molar refractivity (Wildman–Crippen MR) is 101 cm³/mol. The Bertz CT molecular complexity index is 755. The minimum absolute atomic E-state index is 0.124. The highest BCUT2D eigenvalue weighted by Gasteiger charge is 2.22. The largest absolute Gasteiger partial charge is 0.456 e. The van der Waals surface area contributed by atoms with E-state index in [1.165, 1.54) is 0 Å². The van der Waals surface area contributed by atoms with E-state index in [0.29, 0.717) is 11.1 Å². The molecule has 0 aromatic heterocycles. The van der Waals surface area contributed by atoms with Gasteiger partial charge in [-0.15, -0.1) is 0 Å². The van der Waals surface area contributed by atoms with E-state index in [9.17, 15) is 9.59 Å². The standard InChI is InChI=1S/C22H26O3/c1-21(2,3)19(23)17-11-7-15(8-12-17)16-9-13-18(14-10-16)20(24)25-22(4,5)6/h7-14H,1-6H3. The molecule has 0 unspecified atom stereocenters. The molecule has 0 aliphatic rings. The Labute approximate surface area is 150 Å². The minimum Gasteiger partial charge on any atom is -0.456 e. The number of ether oxygens (including phenoxy) is 1. The van der Waals surface area contributed by atoms with Gasteiger partial charge in [0.25, 0.3) is 0 Å². The van der Waals surface area contributed by atoms with E-state index in [-0.39, 0.29) is 11.8 Å². The molecule has 2 aromatic carbocycles. The molecule has 3 heteroatoms. The average molecular weight is 338 g/mol. The van der Waals surface area contributed by atoms with Crippen molar-refractivity contribution in [3.05, 3.63) is 59.7 Å². The second-order valence-corrected chi connectivity index (χ2v) is 8.24. The molecule has 0 fully saturated rings. The van der Waals surface area contributed by atoms with Gasteiger partial charge in [0.1, 0.15) is 5.60 Å². The molecule has 0 spiro atoms. The Hall–Kier alpha value is -2.42. The van der Waals surface area contributed by atoms with E-state index < -0.39 is 11.0 Å². The fourth-order valence-corrected chi connectivity index (χ4v) is 2.38. The highest BCUT2D eigenvalue weighted by Crippen LogP contribution is 2.25. The summed E-state index contributed by atoms with van der Waals surface area (Å²) < 4.78 is 5.37. The number of ketones is 1. The van der Waals surface area contributed by atoms with Gasteiger partial charge < -0.3 is 4.74 Å². The van der Waals surface area contributed by atoms with Crippen LogP contribution in [-0.4, -0.2) is 17.4 Å². The molecule has 0 saturated carbocycles. The van der Waals surface area contributed by atoms with Gasteiger partial charge in [-0.3, -0.25) is 4.79 Å². The fraction of sp³-hybridized carbons (Fsp3) is 0.364. The Balaban J connectivity index is 2.18. The zero-order chi connectivity index (χ0) is 18.8. The summed E-state index contributed by atoms with van der Waals surface area (Å²) >= 11 is 0. The van der Waals surface area contributed by atoms with Gasteiger partial charge in [0.05, 0.1) is 5.56 Å². The van der Waals surface area contributed by atoms with Crippen LogP contribution in [0.2, 0.25) is 0 Å². The molecule has 25 heavy (non-hydrogen) atoms. The van der Waals surface area contributed by atoms with Crippen LogP contribution in [0.1, 0.15) is 62.3 Å². The zero-order valence-electron chi connectivity index (χ0n) is 15.8. The number of rotatable bonds is 3. The average Bonchev–Trinajstić information content (AvgIpc) is 2.52. The number of carbonyl (C=O) groups is 2. The Morgan fingerprint density at radius 2 is 1.08 bits per heavy atom. The van der Waals surface area contributed by atoms with Crippen molar-refractivity contribution in [2.45, 2.75) is 47.1 Å². The monoisotopic (exact) mass is 338 g/mol. The van der Waals surface area contributed by atoms with E-state index in [0.717, 1.165) is 11.1 Å². The van der Waals surface area contributed by atoms with Crippen molar-refractivity contribution in [2.75, 3.05) is 0 Å². The molecule has 0 saturated heterocycles. The molecule has 0 bridgehead atoms. The van der Waals surface area contributed by atoms with Crippen LogP contribution < -0.4 is 0 Å². The lowest BCUT2D eigenvalue weighted by Gasteiger charge is -2.19. The molecule has 0 aliphatic heterocycles. The summed E-state index contributed by atoms with van der Waals surface area (Å²) in [7, 11) is 0. The van der Waals surface area contributed by atoms with Crippen molar-refractivity contribution < 1.29 is 14.3 Å². The summed E-state index contributed by atoms with van der Waals surface area (Å²) in [6.07, 6.45) is 0. The third kappa shape index (κ3) is 5.02. The summed E-state index contributed by atoms with van der Waals surface area (Å²) in [5.74, 6) is -0.204. The summed E-state index contributed by atoms with van der Waals surface area (Å²) in [6, 6.07) is 14.9. The van der Waals surface area contributed by atoms with Crippen molar-refractivity contribution >= 4 is 11.8 Å². The summed E-state index contributed by atoms with van der Waals surface area (Å²) in [4.78, 5) is 24.4. The molecule has 0 N–H and O–H groups in total. The van der Waals surface area contributed by atoms with Crippen LogP contribution in [0.3, 0.4) is 0 Å². The van der Waals surface area contributed by atoms with Gasteiger partial charge in [0, 0.05) is 11.0 Å². The van der Waals surface area contributed by atoms with Crippen LogP contribution in [-0.2, 0) is 4.74 Å². The molecule has 2 rings (SSSR count). The first-order valence-corrected chi connectivity index (χ1v) is 8.46. The molecule has 0 aliphatic carbocycles. The van der Waals surface area contributed by atoms with Gasteiger partial charge in [0.15, 0.2) is 5.78 Å². The van der Waals surface area contributed by atoms with E-state index in [1.807, 2.05) is 77.9 Å². The number of esters is 1. The lowest BCUT2D eigenvalue weighted by Crippen LogP contribution is -2.23. The zero-order valence-corrected chi connectivity index (χ0v) is 15.8. The van der Waals surface area contributed by atoms with Crippen LogP contribution in [0.15, 0.2) is 48.5 Å². The first kappa shape index (κ1) is 18.9. The Morgan fingerprint density at radius 1 is 0.680 bits per heavy atom. The third-order valence-electron chi connectivity index (χ3n) is 3.68. The number of carbonyl (C=O) groups excluding carboxylic acids is 2. The molecular formula is C22H26O3.